The highest BCUT2D eigenvalue weighted by Gasteiger charge is 2.22. The zero-order valence-corrected chi connectivity index (χ0v) is 13.4. The molecular weight excluding hydrogens is 336 g/mol. The number of aromatic amines is 1. The Kier molecular flexibility index (Phi) is 4.50. The predicted octanol–water partition coefficient (Wildman–Crippen LogP) is 3.81. The Balaban J connectivity index is 2.10. The number of aliphatic hydroxyl groups excluding tert-OH is 1. The van der Waals surface area contributed by atoms with Crippen LogP contribution in [0.25, 0.3) is 10.9 Å². The molecule has 1 aromatic carbocycles. The van der Waals surface area contributed by atoms with Crippen molar-refractivity contribution < 1.29 is 18.6 Å². The van der Waals surface area contributed by atoms with Crippen LogP contribution in [0.3, 0.4) is 0 Å². The van der Waals surface area contributed by atoms with Gasteiger partial charge in [0.1, 0.15) is 10.8 Å². The SMILES string of the molecule is CSC(=N)c1cc(Oc2c(F)c(F)c3[nH]ccc3c2CO)ccn1. The Morgan fingerprint density at radius 1 is 1.38 bits per heavy atom. The highest BCUT2D eigenvalue weighted by Crippen LogP contribution is 2.36. The van der Waals surface area contributed by atoms with Crippen LogP contribution in [-0.2, 0) is 6.61 Å². The lowest BCUT2D eigenvalue weighted by atomic mass is 10.1. The van der Waals surface area contributed by atoms with Crippen molar-refractivity contribution in [3.8, 4) is 11.5 Å². The Morgan fingerprint density at radius 2 is 2.17 bits per heavy atom. The number of nitrogens with one attached hydrogen (secondary N) is 2. The van der Waals surface area contributed by atoms with Gasteiger partial charge in [-0.05, 0) is 18.4 Å². The molecule has 0 amide bonds. The lowest BCUT2D eigenvalue weighted by molar-refractivity contribution is 0.275. The summed E-state index contributed by atoms with van der Waals surface area (Å²) in [6.45, 7) is -0.514. The third-order valence-corrected chi connectivity index (χ3v) is 4.12. The molecule has 3 rings (SSSR count). The van der Waals surface area contributed by atoms with Crippen LogP contribution < -0.4 is 4.74 Å². The first-order valence-corrected chi connectivity index (χ1v) is 8.13. The highest BCUT2D eigenvalue weighted by atomic mass is 32.2. The van der Waals surface area contributed by atoms with E-state index in [1.165, 1.54) is 42.4 Å². The summed E-state index contributed by atoms with van der Waals surface area (Å²) in [5, 5.41) is 17.9. The van der Waals surface area contributed by atoms with Crippen LogP contribution in [-0.4, -0.2) is 26.4 Å². The first kappa shape index (κ1) is 16.4. The fourth-order valence-electron chi connectivity index (χ4n) is 2.35. The molecule has 8 heteroatoms. The third kappa shape index (κ3) is 2.74. The van der Waals surface area contributed by atoms with Gasteiger partial charge in [0.15, 0.2) is 11.6 Å². The molecule has 2 heterocycles. The zero-order valence-electron chi connectivity index (χ0n) is 12.6. The second-order valence-electron chi connectivity index (χ2n) is 4.87. The second kappa shape index (κ2) is 6.58. The van der Waals surface area contributed by atoms with E-state index in [-0.39, 0.29) is 27.6 Å². The van der Waals surface area contributed by atoms with Crippen LogP contribution in [0.15, 0.2) is 30.6 Å². The molecule has 3 N–H and O–H groups in total. The summed E-state index contributed by atoms with van der Waals surface area (Å²) in [6, 6.07) is 4.47. The summed E-state index contributed by atoms with van der Waals surface area (Å²) < 4.78 is 34.0. The maximum atomic E-state index is 14.4. The number of hydrogen-bond acceptors (Lipinski definition) is 5. The van der Waals surface area contributed by atoms with Crippen molar-refractivity contribution >= 4 is 27.7 Å². The van der Waals surface area contributed by atoms with Gasteiger partial charge in [0.2, 0.25) is 5.82 Å². The number of nitrogens with zero attached hydrogens (tertiary/aromatic N) is 1. The molecule has 0 aliphatic heterocycles. The van der Waals surface area contributed by atoms with Crippen molar-refractivity contribution in [1.82, 2.24) is 9.97 Å². The van der Waals surface area contributed by atoms with Crippen LogP contribution in [0.5, 0.6) is 11.5 Å². The number of thioether (sulfide) groups is 1. The van der Waals surface area contributed by atoms with Gasteiger partial charge in [-0.1, -0.05) is 0 Å². The van der Waals surface area contributed by atoms with E-state index in [1.54, 1.807) is 6.26 Å². The number of ether oxygens (including phenoxy) is 1. The number of benzene rings is 1. The first-order chi connectivity index (χ1) is 11.6. The molecule has 0 radical (unpaired) electrons. The van der Waals surface area contributed by atoms with Gasteiger partial charge < -0.3 is 14.8 Å². The Bertz CT molecular complexity index is 927. The molecule has 0 bridgehead atoms. The average Bonchev–Trinajstić information content (AvgIpc) is 3.09. The number of aliphatic hydroxyl groups is 1. The van der Waals surface area contributed by atoms with Gasteiger partial charge in [-0.15, -0.1) is 11.8 Å². The minimum absolute atomic E-state index is 0.0246. The quantitative estimate of drug-likeness (QED) is 0.494. The molecule has 124 valence electrons. The van der Waals surface area contributed by atoms with E-state index >= 15 is 0 Å². The maximum Gasteiger partial charge on any atom is 0.203 e. The molecule has 3 aromatic rings. The van der Waals surface area contributed by atoms with Gasteiger partial charge in [0, 0.05) is 29.4 Å². The number of H-pyrrole nitrogens is 1. The number of fused-ring (bicyclic) bond motifs is 1. The van der Waals surface area contributed by atoms with Crippen molar-refractivity contribution in [2.75, 3.05) is 6.26 Å². The average molecular weight is 349 g/mol. The van der Waals surface area contributed by atoms with Gasteiger partial charge in [-0.3, -0.25) is 10.4 Å². The number of hydrogen-bond donors (Lipinski definition) is 3. The Labute approximate surface area is 140 Å². The van der Waals surface area contributed by atoms with Gasteiger partial charge in [-0.25, -0.2) is 4.39 Å². The Morgan fingerprint density at radius 3 is 2.88 bits per heavy atom. The molecule has 24 heavy (non-hydrogen) atoms. The van der Waals surface area contributed by atoms with Crippen LogP contribution in [0.2, 0.25) is 0 Å². The third-order valence-electron chi connectivity index (χ3n) is 3.50. The topological polar surface area (TPSA) is 82.0 Å². The Hall–Kier alpha value is -2.45. The minimum Gasteiger partial charge on any atom is -0.454 e. The molecular formula is C16H13F2N3O2S. The second-order valence-corrected chi connectivity index (χ2v) is 5.69. The molecule has 5 nitrogen and oxygen atoms in total. The van der Waals surface area contributed by atoms with E-state index in [0.29, 0.717) is 11.1 Å². The summed E-state index contributed by atoms with van der Waals surface area (Å²) >= 11 is 1.20. The standard InChI is InChI=1S/C16H13F2N3O2S/c1-24-16(19)11-6-8(2-4-20-11)23-15-10(7-22)9-3-5-21-14(9)12(17)13(15)18/h2-6,19,21-22H,7H2,1H3. The molecule has 0 spiro atoms. The van der Waals surface area contributed by atoms with E-state index in [0.717, 1.165) is 0 Å². The van der Waals surface area contributed by atoms with Crippen molar-refractivity contribution in [2.45, 2.75) is 6.61 Å². The van der Waals surface area contributed by atoms with Crippen molar-refractivity contribution in [3.63, 3.8) is 0 Å². The van der Waals surface area contributed by atoms with E-state index in [4.69, 9.17) is 10.1 Å². The molecule has 0 fully saturated rings. The molecule has 2 aromatic heterocycles. The summed E-state index contributed by atoms with van der Waals surface area (Å²) in [7, 11) is 0. The normalized spacial score (nSPS) is 11.0. The van der Waals surface area contributed by atoms with E-state index < -0.39 is 18.2 Å². The number of aromatic nitrogens is 2. The van der Waals surface area contributed by atoms with Crippen molar-refractivity contribution in [1.29, 1.82) is 5.41 Å². The molecule has 0 aliphatic carbocycles. The monoisotopic (exact) mass is 349 g/mol. The molecule has 0 atom stereocenters. The van der Waals surface area contributed by atoms with Gasteiger partial charge in [-0.2, -0.15) is 4.39 Å². The van der Waals surface area contributed by atoms with Gasteiger partial charge in [0.25, 0.3) is 0 Å². The summed E-state index contributed by atoms with van der Waals surface area (Å²) in [4.78, 5) is 6.63. The van der Waals surface area contributed by atoms with Crippen LogP contribution >= 0.6 is 11.8 Å². The van der Waals surface area contributed by atoms with E-state index in [1.807, 2.05) is 0 Å². The first-order valence-electron chi connectivity index (χ1n) is 6.91. The number of pyridine rings is 1. The van der Waals surface area contributed by atoms with Gasteiger partial charge >= 0.3 is 0 Å². The van der Waals surface area contributed by atoms with E-state index in [2.05, 4.69) is 9.97 Å². The van der Waals surface area contributed by atoms with Crippen molar-refractivity contribution in [3.05, 3.63) is 53.5 Å². The smallest absolute Gasteiger partial charge is 0.203 e. The van der Waals surface area contributed by atoms with Crippen molar-refractivity contribution in [2.24, 2.45) is 0 Å². The lowest BCUT2D eigenvalue weighted by Crippen LogP contribution is -2.01. The minimum atomic E-state index is -1.19. The maximum absolute atomic E-state index is 14.4. The molecule has 0 saturated heterocycles. The zero-order chi connectivity index (χ0) is 17.3. The largest absolute Gasteiger partial charge is 0.454 e. The summed E-state index contributed by atoms with van der Waals surface area (Å²) in [5.41, 5.74) is 0.473. The van der Waals surface area contributed by atoms with Gasteiger partial charge in [0.05, 0.1) is 17.8 Å². The van der Waals surface area contributed by atoms with E-state index in [9.17, 15) is 13.9 Å². The van der Waals surface area contributed by atoms with Crippen LogP contribution in [0.4, 0.5) is 8.78 Å². The fourth-order valence-corrected chi connectivity index (χ4v) is 2.67. The molecule has 0 saturated carbocycles. The number of halogens is 2. The summed E-state index contributed by atoms with van der Waals surface area (Å²) in [6.07, 6.45) is 4.61. The van der Waals surface area contributed by atoms with Crippen LogP contribution in [0.1, 0.15) is 11.3 Å². The fraction of sp³-hybridized carbons (Fsp3) is 0.125. The molecule has 0 aliphatic rings. The molecule has 0 unspecified atom stereocenters. The van der Waals surface area contributed by atoms with Crippen LogP contribution in [0, 0.1) is 17.0 Å². The number of rotatable bonds is 4. The predicted molar refractivity (Wildman–Crippen MR) is 88.8 cm³/mol. The summed E-state index contributed by atoms with van der Waals surface area (Å²) in [5.74, 6) is -2.45. The highest BCUT2D eigenvalue weighted by molar-refractivity contribution is 8.13. The lowest BCUT2D eigenvalue weighted by Gasteiger charge is -2.13.